The summed E-state index contributed by atoms with van der Waals surface area (Å²) in [5.74, 6) is -0.595. The number of esters is 1. The Morgan fingerprint density at radius 2 is 2.15 bits per heavy atom. The average molecular weight is 276 g/mol. The van der Waals surface area contributed by atoms with Crippen LogP contribution in [0.2, 0.25) is 0 Å². The van der Waals surface area contributed by atoms with Gasteiger partial charge in [0.05, 0.1) is 11.7 Å². The first-order valence-corrected chi connectivity index (χ1v) is 6.60. The number of ether oxygens (including phenoxy) is 1. The number of aromatic nitrogens is 2. The summed E-state index contributed by atoms with van der Waals surface area (Å²) in [6.07, 6.45) is 0.806. The van der Waals surface area contributed by atoms with Crippen molar-refractivity contribution < 1.29 is 14.6 Å². The molecule has 0 aliphatic carbocycles. The number of H-pyrrole nitrogens is 1. The molecule has 2 aromatic rings. The van der Waals surface area contributed by atoms with E-state index >= 15 is 0 Å². The number of benzene rings is 1. The number of aliphatic hydroxyl groups is 1. The van der Waals surface area contributed by atoms with Gasteiger partial charge >= 0.3 is 5.97 Å². The summed E-state index contributed by atoms with van der Waals surface area (Å²) in [5, 5.41) is 17.8. The third-order valence-corrected chi connectivity index (χ3v) is 2.91. The predicted molar refractivity (Wildman–Crippen MR) is 76.4 cm³/mol. The highest BCUT2D eigenvalue weighted by atomic mass is 16.6. The molecule has 0 aliphatic heterocycles. The molecule has 0 saturated carbocycles. The number of aryl methyl sites for hydroxylation is 1. The van der Waals surface area contributed by atoms with Crippen LogP contribution >= 0.6 is 0 Å². The number of nitrogens with one attached hydrogen (secondary N) is 1. The van der Waals surface area contributed by atoms with E-state index in [4.69, 9.17) is 4.74 Å². The third-order valence-electron chi connectivity index (χ3n) is 2.91. The van der Waals surface area contributed by atoms with Gasteiger partial charge in [-0.3, -0.25) is 5.10 Å². The molecule has 5 heteroatoms. The number of nitrogens with zero attached hydrogens (tertiary/aromatic N) is 1. The van der Waals surface area contributed by atoms with Crippen molar-refractivity contribution in [1.82, 2.24) is 10.2 Å². The van der Waals surface area contributed by atoms with Crippen molar-refractivity contribution in [3.05, 3.63) is 29.5 Å². The van der Waals surface area contributed by atoms with E-state index in [1.165, 1.54) is 0 Å². The minimum absolute atomic E-state index is 0.233. The van der Waals surface area contributed by atoms with Crippen LogP contribution in [0.3, 0.4) is 0 Å². The van der Waals surface area contributed by atoms with Gasteiger partial charge in [0.25, 0.3) is 0 Å². The second-order valence-corrected chi connectivity index (χ2v) is 6.00. The molecule has 0 saturated heterocycles. The summed E-state index contributed by atoms with van der Waals surface area (Å²) in [5.41, 5.74) is 2.30. The summed E-state index contributed by atoms with van der Waals surface area (Å²) in [6, 6.07) is 3.85. The van der Waals surface area contributed by atoms with Crippen molar-refractivity contribution in [2.45, 2.75) is 45.8 Å². The number of aliphatic hydroxyl groups excluding tert-OH is 1. The minimum atomic E-state index is -1.15. The minimum Gasteiger partial charge on any atom is -0.458 e. The van der Waals surface area contributed by atoms with Crippen LogP contribution < -0.4 is 0 Å². The molecule has 0 unspecified atom stereocenters. The van der Waals surface area contributed by atoms with E-state index in [-0.39, 0.29) is 6.42 Å². The third kappa shape index (κ3) is 3.36. The maximum atomic E-state index is 11.8. The van der Waals surface area contributed by atoms with Gasteiger partial charge in [0.1, 0.15) is 5.60 Å². The van der Waals surface area contributed by atoms with E-state index < -0.39 is 17.7 Å². The number of carbonyl (C=O) groups excluding carboxylic acids is 1. The molecule has 2 N–H and O–H groups in total. The van der Waals surface area contributed by atoms with Gasteiger partial charge < -0.3 is 9.84 Å². The standard InChI is InChI=1S/C15H20N2O3/c1-9-5-10(6-11-8-16-17-13(9)11)7-12(18)14(19)20-15(2,3)4/h5-6,8,12,18H,7H2,1-4H3,(H,16,17)/t12-/m1/s1. The fourth-order valence-electron chi connectivity index (χ4n) is 2.11. The molecule has 5 nitrogen and oxygen atoms in total. The van der Waals surface area contributed by atoms with Gasteiger partial charge in [-0.2, -0.15) is 5.10 Å². The number of rotatable bonds is 3. The van der Waals surface area contributed by atoms with E-state index in [0.717, 1.165) is 22.0 Å². The highest BCUT2D eigenvalue weighted by Crippen LogP contribution is 2.19. The monoisotopic (exact) mass is 276 g/mol. The highest BCUT2D eigenvalue weighted by molar-refractivity contribution is 5.82. The zero-order valence-electron chi connectivity index (χ0n) is 12.2. The second-order valence-electron chi connectivity index (χ2n) is 6.00. The van der Waals surface area contributed by atoms with Crippen LogP contribution in [0.5, 0.6) is 0 Å². The molecule has 1 aromatic carbocycles. The van der Waals surface area contributed by atoms with Crippen LogP contribution in [0, 0.1) is 6.92 Å². The summed E-state index contributed by atoms with van der Waals surface area (Å²) >= 11 is 0. The largest absolute Gasteiger partial charge is 0.458 e. The molecule has 0 spiro atoms. The van der Waals surface area contributed by atoms with Crippen LogP contribution in [-0.2, 0) is 16.0 Å². The molecule has 2 rings (SSSR count). The Morgan fingerprint density at radius 3 is 2.80 bits per heavy atom. The normalized spacial score (nSPS) is 13.4. The van der Waals surface area contributed by atoms with E-state index in [2.05, 4.69) is 10.2 Å². The molecular weight excluding hydrogens is 256 g/mol. The van der Waals surface area contributed by atoms with Crippen molar-refractivity contribution in [3.63, 3.8) is 0 Å². The number of fused-ring (bicyclic) bond motifs is 1. The van der Waals surface area contributed by atoms with Gasteiger partial charge in [-0.15, -0.1) is 0 Å². The zero-order chi connectivity index (χ0) is 14.9. The maximum absolute atomic E-state index is 11.8. The Morgan fingerprint density at radius 1 is 1.45 bits per heavy atom. The Labute approximate surface area is 117 Å². The van der Waals surface area contributed by atoms with Gasteiger partial charge in [0.15, 0.2) is 6.10 Å². The Hall–Kier alpha value is -1.88. The predicted octanol–water partition coefficient (Wildman–Crippen LogP) is 2.12. The molecule has 0 fully saturated rings. The molecule has 1 atom stereocenters. The highest BCUT2D eigenvalue weighted by Gasteiger charge is 2.23. The van der Waals surface area contributed by atoms with E-state index in [1.54, 1.807) is 27.0 Å². The lowest BCUT2D eigenvalue weighted by atomic mass is 10.0. The first kappa shape index (κ1) is 14.5. The second kappa shape index (κ2) is 5.25. The lowest BCUT2D eigenvalue weighted by molar-refractivity contribution is -0.164. The van der Waals surface area contributed by atoms with E-state index in [0.29, 0.717) is 0 Å². The van der Waals surface area contributed by atoms with Gasteiger partial charge in [0, 0.05) is 11.8 Å². The smallest absolute Gasteiger partial charge is 0.335 e. The van der Waals surface area contributed by atoms with Crippen molar-refractivity contribution in [3.8, 4) is 0 Å². The first-order chi connectivity index (χ1) is 9.26. The topological polar surface area (TPSA) is 75.2 Å². The molecule has 1 heterocycles. The van der Waals surface area contributed by atoms with Crippen LogP contribution in [0.1, 0.15) is 31.9 Å². The molecular formula is C15H20N2O3. The fourth-order valence-corrected chi connectivity index (χ4v) is 2.11. The molecule has 1 aromatic heterocycles. The van der Waals surface area contributed by atoms with Crippen LogP contribution in [-0.4, -0.2) is 33.0 Å². The summed E-state index contributed by atoms with van der Waals surface area (Å²) in [4.78, 5) is 11.8. The molecule has 0 bridgehead atoms. The van der Waals surface area contributed by atoms with Crippen LogP contribution in [0.4, 0.5) is 0 Å². The summed E-state index contributed by atoms with van der Waals surface area (Å²) in [7, 11) is 0. The Kier molecular flexibility index (Phi) is 3.81. The van der Waals surface area contributed by atoms with Crippen molar-refractivity contribution >= 4 is 16.9 Å². The lowest BCUT2D eigenvalue weighted by Gasteiger charge is -2.21. The van der Waals surface area contributed by atoms with Crippen molar-refractivity contribution in [2.24, 2.45) is 0 Å². The Balaban J connectivity index is 2.13. The number of aromatic amines is 1. The number of hydrogen-bond acceptors (Lipinski definition) is 4. The molecule has 20 heavy (non-hydrogen) atoms. The quantitative estimate of drug-likeness (QED) is 0.842. The molecule has 0 aliphatic rings. The SMILES string of the molecule is Cc1cc(C[C@@H](O)C(=O)OC(C)(C)C)cc2cn[nH]c12. The summed E-state index contributed by atoms with van der Waals surface area (Å²) < 4.78 is 5.17. The van der Waals surface area contributed by atoms with E-state index in [9.17, 15) is 9.90 Å². The number of hydrogen-bond donors (Lipinski definition) is 2. The van der Waals surface area contributed by atoms with Gasteiger partial charge in [-0.05, 0) is 44.9 Å². The number of carbonyl (C=O) groups is 1. The first-order valence-electron chi connectivity index (χ1n) is 6.60. The van der Waals surface area contributed by atoms with Gasteiger partial charge in [-0.1, -0.05) is 6.07 Å². The van der Waals surface area contributed by atoms with Gasteiger partial charge in [0.2, 0.25) is 0 Å². The fraction of sp³-hybridized carbons (Fsp3) is 0.467. The maximum Gasteiger partial charge on any atom is 0.335 e. The van der Waals surface area contributed by atoms with Crippen molar-refractivity contribution in [2.75, 3.05) is 0 Å². The van der Waals surface area contributed by atoms with Crippen LogP contribution in [0.15, 0.2) is 18.3 Å². The molecule has 0 amide bonds. The lowest BCUT2D eigenvalue weighted by Crippen LogP contribution is -2.32. The summed E-state index contributed by atoms with van der Waals surface area (Å²) in [6.45, 7) is 7.29. The van der Waals surface area contributed by atoms with Crippen molar-refractivity contribution in [1.29, 1.82) is 0 Å². The van der Waals surface area contributed by atoms with E-state index in [1.807, 2.05) is 19.1 Å². The molecule has 108 valence electrons. The van der Waals surface area contributed by atoms with Gasteiger partial charge in [-0.25, -0.2) is 4.79 Å². The molecule has 0 radical (unpaired) electrons. The average Bonchev–Trinajstić information content (AvgIpc) is 2.75. The zero-order valence-corrected chi connectivity index (χ0v) is 12.2. The Bertz CT molecular complexity index is 626. The van der Waals surface area contributed by atoms with Crippen LogP contribution in [0.25, 0.3) is 10.9 Å².